The molecule has 0 aliphatic heterocycles. The van der Waals surface area contributed by atoms with E-state index in [9.17, 15) is 0 Å². The number of nitrogens with zero attached hydrogens (tertiary/aromatic N) is 3. The minimum absolute atomic E-state index is 0.123. The van der Waals surface area contributed by atoms with Gasteiger partial charge in [-0.1, -0.05) is 205 Å². The first-order chi connectivity index (χ1) is 36.0. The topological polar surface area (TPSA) is 30.2 Å². The summed E-state index contributed by atoms with van der Waals surface area (Å²) in [6, 6.07) is 75.5. The highest BCUT2D eigenvalue weighted by Gasteiger charge is 2.39. The second kappa shape index (κ2) is 15.2. The monoisotopic (exact) mass is 947 g/mol. The van der Waals surface area contributed by atoms with Crippen LogP contribution in [0.3, 0.4) is 0 Å². The second-order valence-electron chi connectivity index (χ2n) is 22.5. The van der Waals surface area contributed by atoms with Crippen molar-refractivity contribution in [2.24, 2.45) is 0 Å². The van der Waals surface area contributed by atoms with Crippen LogP contribution in [-0.4, -0.2) is 14.4 Å². The minimum Gasteiger partial charge on any atom is -0.283 e. The Hall–Kier alpha value is -8.66. The zero-order valence-electron chi connectivity index (χ0n) is 42.5. The Morgan fingerprint density at radius 1 is 0.324 bits per heavy atom. The smallest absolute Gasteiger partial charge is 0.234 e. The van der Waals surface area contributed by atoms with Gasteiger partial charge in [0.2, 0.25) is 5.78 Å². The molecule has 0 unspecified atom stereocenters. The summed E-state index contributed by atoms with van der Waals surface area (Å²) in [5.41, 5.74) is 27.4. The van der Waals surface area contributed by atoms with Crippen LogP contribution in [0.1, 0.15) is 74.9 Å². The maximum Gasteiger partial charge on any atom is 0.234 e. The molecule has 3 heteroatoms. The third-order valence-corrected chi connectivity index (χ3v) is 17.5. The van der Waals surface area contributed by atoms with E-state index in [4.69, 9.17) is 4.98 Å². The summed E-state index contributed by atoms with van der Waals surface area (Å²) in [5.74, 6) is 0.690. The molecule has 0 spiro atoms. The van der Waals surface area contributed by atoms with Crippen molar-refractivity contribution in [3.8, 4) is 89.3 Å². The SMILES string of the molecule is CC1(C)c2ccccc2-c2ccc(-c3c4ccccc4c(-c4ccc5c(c4)C(C)(C)c4ccccc4-5)c4cc5c(cc34)-c3ccc(-c4ccc(-c6nc7ncccn7c6-c6ccccc6)cc4)cc3C5(C)C)cc21. The van der Waals surface area contributed by atoms with Gasteiger partial charge in [0, 0.05) is 39.8 Å². The first-order valence-corrected chi connectivity index (χ1v) is 26.1. The summed E-state index contributed by atoms with van der Waals surface area (Å²) >= 11 is 0. The van der Waals surface area contributed by atoms with E-state index < -0.39 is 0 Å². The van der Waals surface area contributed by atoms with Gasteiger partial charge in [0.05, 0.1) is 11.4 Å². The fourth-order valence-electron chi connectivity index (χ4n) is 13.7. The molecule has 2 aromatic heterocycles. The molecule has 3 aliphatic carbocycles. The molecule has 0 fully saturated rings. The Bertz CT molecular complexity index is 4370. The zero-order valence-corrected chi connectivity index (χ0v) is 42.5. The molecule has 12 aromatic rings. The molecule has 0 bridgehead atoms. The third-order valence-electron chi connectivity index (χ3n) is 17.5. The lowest BCUT2D eigenvalue weighted by Crippen LogP contribution is -2.15. The molecule has 0 amide bonds. The normalized spacial score (nSPS) is 14.9. The molecule has 0 saturated heterocycles. The van der Waals surface area contributed by atoms with Crippen LogP contribution in [0.15, 0.2) is 213 Å². The first-order valence-electron chi connectivity index (χ1n) is 26.1. The Morgan fingerprint density at radius 3 is 1.38 bits per heavy atom. The molecule has 15 rings (SSSR count). The predicted molar refractivity (Wildman–Crippen MR) is 308 cm³/mol. The standard InChI is InChI=1S/C71H53N3/c1-69(2)58-23-14-12-19-48(58)50-33-30-46(38-61(50)69)64-53-21-10-11-22-54(53)65(47-31-34-51-49-20-13-15-24-59(49)70(3,4)62(51)39-47)57-41-63-55(40-56(57)64)52-32-29-45(37-60(52)71(63,5)6)42-25-27-43(28-26-42)66-67(44-17-8-7-9-18-44)74-36-16-35-72-68(74)73-66/h7-41H,1-6H3. The van der Waals surface area contributed by atoms with Crippen molar-refractivity contribution in [1.82, 2.24) is 14.4 Å². The van der Waals surface area contributed by atoms with Crippen LogP contribution in [0.2, 0.25) is 0 Å². The summed E-state index contributed by atoms with van der Waals surface area (Å²) in [6.07, 6.45) is 3.86. The molecule has 0 N–H and O–H groups in total. The van der Waals surface area contributed by atoms with Gasteiger partial charge >= 0.3 is 0 Å². The Balaban J connectivity index is 0.918. The van der Waals surface area contributed by atoms with Gasteiger partial charge in [-0.05, 0) is 158 Å². The highest BCUT2D eigenvalue weighted by molar-refractivity contribution is 6.23. The third kappa shape index (κ3) is 5.90. The van der Waals surface area contributed by atoms with Crippen molar-refractivity contribution in [3.05, 3.63) is 246 Å². The highest BCUT2D eigenvalue weighted by atomic mass is 15.1. The minimum atomic E-state index is -0.267. The summed E-state index contributed by atoms with van der Waals surface area (Å²) in [5, 5.41) is 5.14. The van der Waals surface area contributed by atoms with E-state index in [0.29, 0.717) is 5.78 Å². The molecular weight excluding hydrogens is 895 g/mol. The van der Waals surface area contributed by atoms with Gasteiger partial charge < -0.3 is 0 Å². The van der Waals surface area contributed by atoms with Crippen molar-refractivity contribution in [2.75, 3.05) is 0 Å². The first kappa shape index (κ1) is 43.0. The van der Waals surface area contributed by atoms with E-state index in [0.717, 1.165) is 22.5 Å². The van der Waals surface area contributed by atoms with Gasteiger partial charge in [-0.15, -0.1) is 0 Å². The van der Waals surface area contributed by atoms with Crippen molar-refractivity contribution in [1.29, 1.82) is 0 Å². The molecule has 3 nitrogen and oxygen atoms in total. The van der Waals surface area contributed by atoms with E-state index in [-0.39, 0.29) is 16.2 Å². The number of hydrogen-bond donors (Lipinski definition) is 0. The maximum atomic E-state index is 5.05. The van der Waals surface area contributed by atoms with Gasteiger partial charge in [-0.25, -0.2) is 9.97 Å². The number of fused-ring (bicyclic) bond motifs is 12. The Kier molecular flexibility index (Phi) is 8.82. The average molecular weight is 948 g/mol. The van der Waals surface area contributed by atoms with Crippen LogP contribution in [0.25, 0.3) is 117 Å². The van der Waals surface area contributed by atoms with Crippen LogP contribution in [-0.2, 0) is 16.2 Å². The zero-order chi connectivity index (χ0) is 49.8. The van der Waals surface area contributed by atoms with Crippen molar-refractivity contribution >= 4 is 27.3 Å². The number of aromatic nitrogens is 3. The summed E-state index contributed by atoms with van der Waals surface area (Å²) in [6.45, 7) is 14.4. The largest absolute Gasteiger partial charge is 0.283 e. The highest BCUT2D eigenvalue weighted by Crippen LogP contribution is 2.57. The van der Waals surface area contributed by atoms with E-state index in [2.05, 4.69) is 245 Å². The van der Waals surface area contributed by atoms with Crippen LogP contribution < -0.4 is 0 Å². The molecule has 74 heavy (non-hydrogen) atoms. The maximum absolute atomic E-state index is 5.05. The molecule has 10 aromatic carbocycles. The lowest BCUT2D eigenvalue weighted by Gasteiger charge is -2.25. The number of hydrogen-bond acceptors (Lipinski definition) is 2. The molecular formula is C71H53N3. The van der Waals surface area contributed by atoms with E-state index >= 15 is 0 Å². The molecule has 352 valence electrons. The lowest BCUT2D eigenvalue weighted by atomic mass is 9.77. The quantitative estimate of drug-likeness (QED) is 0.161. The molecule has 0 atom stereocenters. The Labute approximate surface area is 432 Å². The number of imidazole rings is 1. The second-order valence-corrected chi connectivity index (χ2v) is 22.5. The van der Waals surface area contributed by atoms with E-state index in [1.807, 2.05) is 18.5 Å². The van der Waals surface area contributed by atoms with Crippen LogP contribution in [0.4, 0.5) is 0 Å². The van der Waals surface area contributed by atoms with Crippen LogP contribution in [0.5, 0.6) is 0 Å². The van der Waals surface area contributed by atoms with Gasteiger partial charge in [0.1, 0.15) is 0 Å². The van der Waals surface area contributed by atoms with Gasteiger partial charge in [0.25, 0.3) is 0 Å². The summed E-state index contributed by atoms with van der Waals surface area (Å²) in [4.78, 5) is 9.67. The fourth-order valence-corrected chi connectivity index (χ4v) is 13.7. The molecule has 0 saturated carbocycles. The van der Waals surface area contributed by atoms with Gasteiger partial charge in [0.15, 0.2) is 0 Å². The van der Waals surface area contributed by atoms with Gasteiger partial charge in [-0.3, -0.25) is 4.40 Å². The van der Waals surface area contributed by atoms with Crippen LogP contribution in [0, 0.1) is 0 Å². The van der Waals surface area contributed by atoms with Crippen LogP contribution >= 0.6 is 0 Å². The molecule has 3 aliphatic rings. The lowest BCUT2D eigenvalue weighted by molar-refractivity contribution is 0.660. The number of benzene rings is 10. The molecule has 2 heterocycles. The van der Waals surface area contributed by atoms with E-state index in [1.165, 1.54) is 122 Å². The predicted octanol–water partition coefficient (Wildman–Crippen LogP) is 18.3. The van der Waals surface area contributed by atoms with Crippen molar-refractivity contribution in [3.63, 3.8) is 0 Å². The Morgan fingerprint density at radius 2 is 0.770 bits per heavy atom. The van der Waals surface area contributed by atoms with E-state index in [1.54, 1.807) is 0 Å². The number of rotatable bonds is 5. The summed E-state index contributed by atoms with van der Waals surface area (Å²) in [7, 11) is 0. The van der Waals surface area contributed by atoms with Crippen molar-refractivity contribution < 1.29 is 0 Å². The van der Waals surface area contributed by atoms with Crippen molar-refractivity contribution in [2.45, 2.75) is 57.8 Å². The molecule has 0 radical (unpaired) electrons. The van der Waals surface area contributed by atoms with Gasteiger partial charge in [-0.2, -0.15) is 0 Å². The fraction of sp³-hybridized carbons (Fsp3) is 0.127. The summed E-state index contributed by atoms with van der Waals surface area (Å²) < 4.78 is 2.09. The average Bonchev–Trinajstić information content (AvgIpc) is 4.09.